The van der Waals surface area contributed by atoms with Gasteiger partial charge in [-0.15, -0.1) is 0 Å². The normalized spacial score (nSPS) is 11.9. The first-order valence-electron chi connectivity index (χ1n) is 9.79. The van der Waals surface area contributed by atoms with E-state index in [0.29, 0.717) is 33.3 Å². The van der Waals surface area contributed by atoms with Crippen LogP contribution >= 0.6 is 23.4 Å². The Bertz CT molecular complexity index is 1290. The number of amides is 1. The molecule has 0 saturated heterocycles. The van der Waals surface area contributed by atoms with Crippen LogP contribution in [-0.2, 0) is 11.3 Å². The van der Waals surface area contributed by atoms with Gasteiger partial charge in [0.15, 0.2) is 5.16 Å². The third-order valence-electron chi connectivity index (χ3n) is 4.77. The molecule has 0 saturated carbocycles. The molecule has 0 aliphatic rings. The highest BCUT2D eigenvalue weighted by Crippen LogP contribution is 2.26. The summed E-state index contributed by atoms with van der Waals surface area (Å²) in [6, 6.07) is 23.9. The summed E-state index contributed by atoms with van der Waals surface area (Å²) in [5.74, 6) is -0.131. The second-order valence-electron chi connectivity index (χ2n) is 7.00. The van der Waals surface area contributed by atoms with Crippen LogP contribution in [0.5, 0.6) is 0 Å². The first kappa shape index (κ1) is 21.2. The van der Waals surface area contributed by atoms with Crippen molar-refractivity contribution >= 4 is 40.2 Å². The van der Waals surface area contributed by atoms with Gasteiger partial charge >= 0.3 is 0 Å². The number of nitrogens with zero attached hydrogens (tertiary/aromatic N) is 2. The van der Waals surface area contributed by atoms with E-state index in [1.807, 2.05) is 36.4 Å². The van der Waals surface area contributed by atoms with Gasteiger partial charge in [-0.2, -0.15) is 0 Å². The van der Waals surface area contributed by atoms with E-state index in [4.69, 9.17) is 11.6 Å². The lowest BCUT2D eigenvalue weighted by Gasteiger charge is -2.16. The number of rotatable bonds is 6. The zero-order valence-electron chi connectivity index (χ0n) is 16.8. The minimum atomic E-state index is -0.456. The molecule has 1 N–H and O–H groups in total. The fourth-order valence-electron chi connectivity index (χ4n) is 3.17. The van der Waals surface area contributed by atoms with Crippen LogP contribution in [0.25, 0.3) is 16.6 Å². The van der Waals surface area contributed by atoms with Crippen molar-refractivity contribution in [1.29, 1.82) is 0 Å². The predicted molar refractivity (Wildman–Crippen MR) is 126 cm³/mol. The summed E-state index contributed by atoms with van der Waals surface area (Å²) in [6.45, 7) is 2.24. The maximum atomic E-state index is 13.3. The number of hydrogen-bond acceptors (Lipinski definition) is 4. The monoisotopic (exact) mass is 449 g/mol. The highest BCUT2D eigenvalue weighted by atomic mass is 35.5. The Balaban J connectivity index is 1.66. The number of carbonyl (C=O) groups is 1. The van der Waals surface area contributed by atoms with Crippen molar-refractivity contribution in [2.45, 2.75) is 23.9 Å². The SMILES string of the molecule is CC(Sc1nc2ccccc2c(=O)n1-c1cccc(Cl)c1)C(=O)NCc1ccccc1. The van der Waals surface area contributed by atoms with Crippen LogP contribution < -0.4 is 10.9 Å². The molecule has 31 heavy (non-hydrogen) atoms. The number of fused-ring (bicyclic) bond motifs is 1. The van der Waals surface area contributed by atoms with Gasteiger partial charge in [-0.05, 0) is 42.8 Å². The van der Waals surface area contributed by atoms with E-state index in [2.05, 4.69) is 10.3 Å². The van der Waals surface area contributed by atoms with Crippen LogP contribution in [-0.4, -0.2) is 20.7 Å². The molecule has 1 unspecified atom stereocenters. The Hall–Kier alpha value is -3.09. The molecular formula is C24H20ClN3O2S. The van der Waals surface area contributed by atoms with E-state index in [-0.39, 0.29) is 11.5 Å². The maximum Gasteiger partial charge on any atom is 0.266 e. The van der Waals surface area contributed by atoms with E-state index in [1.165, 1.54) is 16.3 Å². The van der Waals surface area contributed by atoms with Crippen molar-refractivity contribution < 1.29 is 4.79 Å². The summed E-state index contributed by atoms with van der Waals surface area (Å²) in [4.78, 5) is 30.7. The van der Waals surface area contributed by atoms with Gasteiger partial charge in [-0.3, -0.25) is 14.2 Å². The lowest BCUT2D eigenvalue weighted by molar-refractivity contribution is -0.120. The van der Waals surface area contributed by atoms with Gasteiger partial charge in [0.25, 0.3) is 5.56 Å². The van der Waals surface area contributed by atoms with E-state index >= 15 is 0 Å². The Morgan fingerprint density at radius 2 is 1.81 bits per heavy atom. The third kappa shape index (κ3) is 4.81. The molecule has 1 aromatic heterocycles. The Morgan fingerprint density at radius 1 is 1.06 bits per heavy atom. The molecule has 0 spiro atoms. The van der Waals surface area contributed by atoms with Crippen molar-refractivity contribution in [3.8, 4) is 5.69 Å². The first-order chi connectivity index (χ1) is 15.0. The van der Waals surface area contributed by atoms with Gasteiger partial charge in [0.2, 0.25) is 5.91 Å². The van der Waals surface area contributed by atoms with Crippen molar-refractivity contribution in [2.75, 3.05) is 0 Å². The van der Waals surface area contributed by atoms with E-state index < -0.39 is 5.25 Å². The number of hydrogen-bond donors (Lipinski definition) is 1. The van der Waals surface area contributed by atoms with Gasteiger partial charge < -0.3 is 5.32 Å². The van der Waals surface area contributed by atoms with Crippen LogP contribution in [0.4, 0.5) is 0 Å². The van der Waals surface area contributed by atoms with E-state index in [9.17, 15) is 9.59 Å². The van der Waals surface area contributed by atoms with Crippen LogP contribution in [0, 0.1) is 0 Å². The van der Waals surface area contributed by atoms with Gasteiger partial charge in [0, 0.05) is 11.6 Å². The molecule has 0 aliphatic heterocycles. The summed E-state index contributed by atoms with van der Waals surface area (Å²) in [6.07, 6.45) is 0. The smallest absolute Gasteiger partial charge is 0.266 e. The second kappa shape index (κ2) is 9.37. The third-order valence-corrected chi connectivity index (χ3v) is 6.06. The number of carbonyl (C=O) groups excluding carboxylic acids is 1. The van der Waals surface area contributed by atoms with Crippen molar-refractivity contribution in [3.63, 3.8) is 0 Å². The average Bonchev–Trinajstić information content (AvgIpc) is 2.78. The quantitative estimate of drug-likeness (QED) is 0.338. The summed E-state index contributed by atoms with van der Waals surface area (Å²) < 4.78 is 1.51. The van der Waals surface area contributed by atoms with Gasteiger partial charge in [0.05, 0.1) is 21.8 Å². The summed E-state index contributed by atoms with van der Waals surface area (Å²) in [7, 11) is 0. The molecule has 0 fully saturated rings. The van der Waals surface area contributed by atoms with Gasteiger partial charge in [-0.25, -0.2) is 4.98 Å². The molecular weight excluding hydrogens is 430 g/mol. The van der Waals surface area contributed by atoms with Crippen molar-refractivity contribution in [2.24, 2.45) is 0 Å². The van der Waals surface area contributed by atoms with Crippen LogP contribution in [0.15, 0.2) is 88.8 Å². The lowest BCUT2D eigenvalue weighted by atomic mass is 10.2. The molecule has 0 bridgehead atoms. The van der Waals surface area contributed by atoms with E-state index in [0.717, 1.165) is 5.56 Å². The average molecular weight is 450 g/mol. The Labute approximate surface area is 189 Å². The zero-order valence-corrected chi connectivity index (χ0v) is 18.4. The molecule has 4 rings (SSSR count). The lowest BCUT2D eigenvalue weighted by Crippen LogP contribution is -2.31. The molecule has 1 heterocycles. The molecule has 7 heteroatoms. The molecule has 156 valence electrons. The van der Waals surface area contributed by atoms with Crippen LogP contribution in [0.1, 0.15) is 12.5 Å². The number of benzene rings is 3. The first-order valence-corrected chi connectivity index (χ1v) is 11.0. The molecule has 1 atom stereocenters. The van der Waals surface area contributed by atoms with Crippen molar-refractivity contribution in [1.82, 2.24) is 14.9 Å². The number of thioether (sulfide) groups is 1. The number of nitrogens with one attached hydrogen (secondary N) is 1. The largest absolute Gasteiger partial charge is 0.351 e. The van der Waals surface area contributed by atoms with E-state index in [1.54, 1.807) is 49.4 Å². The fourth-order valence-corrected chi connectivity index (χ4v) is 4.31. The predicted octanol–water partition coefficient (Wildman–Crippen LogP) is 4.84. The molecule has 5 nitrogen and oxygen atoms in total. The molecule has 0 aliphatic carbocycles. The van der Waals surface area contributed by atoms with Crippen LogP contribution in [0.3, 0.4) is 0 Å². The summed E-state index contributed by atoms with van der Waals surface area (Å²) in [5, 5.41) is 3.95. The molecule has 1 amide bonds. The van der Waals surface area contributed by atoms with Crippen molar-refractivity contribution in [3.05, 3.63) is 99.8 Å². The molecule has 0 radical (unpaired) electrons. The summed E-state index contributed by atoms with van der Waals surface area (Å²) >= 11 is 7.41. The topological polar surface area (TPSA) is 64.0 Å². The fraction of sp³-hybridized carbons (Fsp3) is 0.125. The Kier molecular flexibility index (Phi) is 6.39. The maximum absolute atomic E-state index is 13.3. The number of para-hydroxylation sites is 1. The van der Waals surface area contributed by atoms with Gasteiger partial charge in [-0.1, -0.05) is 71.9 Å². The minimum Gasteiger partial charge on any atom is -0.351 e. The standard InChI is InChI=1S/C24H20ClN3O2S/c1-16(22(29)26-15-17-8-3-2-4-9-17)31-24-27-21-13-6-5-12-20(21)23(30)28(24)19-11-7-10-18(25)14-19/h2-14,16H,15H2,1H3,(H,26,29). The van der Waals surface area contributed by atoms with Crippen LogP contribution in [0.2, 0.25) is 5.02 Å². The van der Waals surface area contributed by atoms with Gasteiger partial charge in [0.1, 0.15) is 0 Å². The molecule has 4 aromatic rings. The Morgan fingerprint density at radius 3 is 2.58 bits per heavy atom. The molecule has 3 aromatic carbocycles. The second-order valence-corrected chi connectivity index (χ2v) is 8.74. The summed E-state index contributed by atoms with van der Waals surface area (Å²) in [5.41, 5.74) is 2.01. The number of aromatic nitrogens is 2. The minimum absolute atomic E-state index is 0.131. The zero-order chi connectivity index (χ0) is 21.8. The number of halogens is 1. The highest BCUT2D eigenvalue weighted by Gasteiger charge is 2.20. The highest BCUT2D eigenvalue weighted by molar-refractivity contribution is 8.00.